The highest BCUT2D eigenvalue weighted by molar-refractivity contribution is 5.77. The van der Waals surface area contributed by atoms with Crippen molar-refractivity contribution in [2.24, 2.45) is 0 Å². The summed E-state index contributed by atoms with van der Waals surface area (Å²) in [5.74, 6) is 1.05. The van der Waals surface area contributed by atoms with E-state index >= 15 is 0 Å². The quantitative estimate of drug-likeness (QED) is 0.765. The summed E-state index contributed by atoms with van der Waals surface area (Å²) in [4.78, 5) is 14.6. The van der Waals surface area contributed by atoms with Gasteiger partial charge in [0, 0.05) is 13.1 Å². The van der Waals surface area contributed by atoms with E-state index in [1.165, 1.54) is 31.5 Å². The molecule has 0 atom stereocenters. The van der Waals surface area contributed by atoms with Gasteiger partial charge in [0.2, 0.25) is 0 Å². The molecule has 2 aromatic carbocycles. The zero-order chi connectivity index (χ0) is 19.1. The Balaban J connectivity index is 1.44. The van der Waals surface area contributed by atoms with Crippen LogP contribution in [-0.2, 0) is 17.9 Å². The predicted octanol–water partition coefficient (Wildman–Crippen LogP) is 4.10. The molecule has 3 rings (SSSR count). The van der Waals surface area contributed by atoms with Crippen molar-refractivity contribution in [2.45, 2.75) is 45.7 Å². The van der Waals surface area contributed by atoms with E-state index in [0.717, 1.165) is 23.4 Å². The SMILES string of the molecule is CC(C)c1ccccc1OCC(=O)NCc1ccc(CN2CCCC2)cc1. The van der Waals surface area contributed by atoms with Gasteiger partial charge in [0.25, 0.3) is 5.91 Å². The van der Waals surface area contributed by atoms with Gasteiger partial charge in [-0.25, -0.2) is 0 Å². The van der Waals surface area contributed by atoms with Crippen LogP contribution in [0.3, 0.4) is 0 Å². The third-order valence-corrected chi connectivity index (χ3v) is 5.02. The fraction of sp³-hybridized carbons (Fsp3) is 0.435. The lowest BCUT2D eigenvalue weighted by atomic mass is 10.0. The fourth-order valence-corrected chi connectivity index (χ4v) is 3.45. The minimum atomic E-state index is -0.102. The van der Waals surface area contributed by atoms with Crippen molar-refractivity contribution in [3.8, 4) is 5.75 Å². The van der Waals surface area contributed by atoms with Gasteiger partial charge in [-0.1, -0.05) is 56.3 Å². The Labute approximate surface area is 162 Å². The van der Waals surface area contributed by atoms with Crippen molar-refractivity contribution in [2.75, 3.05) is 19.7 Å². The van der Waals surface area contributed by atoms with Crippen molar-refractivity contribution in [3.63, 3.8) is 0 Å². The van der Waals surface area contributed by atoms with E-state index in [4.69, 9.17) is 4.74 Å². The highest BCUT2D eigenvalue weighted by Crippen LogP contribution is 2.25. The Bertz CT molecular complexity index is 734. The number of nitrogens with zero attached hydrogens (tertiary/aromatic N) is 1. The predicted molar refractivity (Wildman–Crippen MR) is 109 cm³/mol. The molecule has 1 N–H and O–H groups in total. The fourth-order valence-electron chi connectivity index (χ4n) is 3.45. The Morgan fingerprint density at radius 3 is 2.41 bits per heavy atom. The molecular formula is C23H30N2O2. The topological polar surface area (TPSA) is 41.6 Å². The number of carbonyl (C=O) groups excluding carboxylic acids is 1. The van der Waals surface area contributed by atoms with Crippen molar-refractivity contribution in [1.82, 2.24) is 10.2 Å². The van der Waals surface area contributed by atoms with E-state index in [2.05, 4.69) is 48.3 Å². The van der Waals surface area contributed by atoms with Gasteiger partial charge in [0.15, 0.2) is 6.61 Å². The first kappa shape index (κ1) is 19.4. The summed E-state index contributed by atoms with van der Waals surface area (Å²) in [6, 6.07) is 16.4. The van der Waals surface area contributed by atoms with Gasteiger partial charge in [0.1, 0.15) is 5.75 Å². The molecule has 0 unspecified atom stereocenters. The third kappa shape index (κ3) is 5.83. The first-order valence-electron chi connectivity index (χ1n) is 9.90. The van der Waals surface area contributed by atoms with Gasteiger partial charge in [-0.2, -0.15) is 0 Å². The molecule has 4 heteroatoms. The average Bonchev–Trinajstić information content (AvgIpc) is 3.19. The lowest BCUT2D eigenvalue weighted by Crippen LogP contribution is -2.28. The number of benzene rings is 2. The maximum Gasteiger partial charge on any atom is 0.258 e. The first-order valence-corrected chi connectivity index (χ1v) is 9.90. The Hall–Kier alpha value is -2.33. The summed E-state index contributed by atoms with van der Waals surface area (Å²) in [7, 11) is 0. The van der Waals surface area contributed by atoms with Crippen LogP contribution in [0.2, 0.25) is 0 Å². The molecule has 0 spiro atoms. The Morgan fingerprint density at radius 1 is 1.04 bits per heavy atom. The van der Waals surface area contributed by atoms with E-state index < -0.39 is 0 Å². The van der Waals surface area contributed by atoms with Gasteiger partial charge in [-0.15, -0.1) is 0 Å². The number of amides is 1. The lowest BCUT2D eigenvalue weighted by molar-refractivity contribution is -0.123. The second-order valence-corrected chi connectivity index (χ2v) is 7.56. The largest absolute Gasteiger partial charge is 0.483 e. The molecule has 0 radical (unpaired) electrons. The Morgan fingerprint density at radius 2 is 1.70 bits per heavy atom. The average molecular weight is 367 g/mol. The summed E-state index contributed by atoms with van der Waals surface area (Å²) in [6.45, 7) is 8.24. The van der Waals surface area contributed by atoms with Crippen molar-refractivity contribution >= 4 is 5.91 Å². The molecule has 0 bridgehead atoms. The van der Waals surface area contributed by atoms with Crippen LogP contribution < -0.4 is 10.1 Å². The van der Waals surface area contributed by atoms with Gasteiger partial charge in [-0.3, -0.25) is 9.69 Å². The van der Waals surface area contributed by atoms with Crippen LogP contribution in [-0.4, -0.2) is 30.5 Å². The second kappa shape index (κ2) is 9.56. The number of ether oxygens (including phenoxy) is 1. The van der Waals surface area contributed by atoms with Crippen LogP contribution in [0.15, 0.2) is 48.5 Å². The van der Waals surface area contributed by atoms with Gasteiger partial charge >= 0.3 is 0 Å². The van der Waals surface area contributed by atoms with Gasteiger partial charge in [0.05, 0.1) is 0 Å². The third-order valence-electron chi connectivity index (χ3n) is 5.02. The smallest absolute Gasteiger partial charge is 0.258 e. The molecule has 0 aliphatic carbocycles. The normalized spacial score (nSPS) is 14.5. The van der Waals surface area contributed by atoms with E-state index in [1.807, 2.05) is 24.3 Å². The van der Waals surface area contributed by atoms with E-state index in [9.17, 15) is 4.79 Å². The summed E-state index contributed by atoms with van der Waals surface area (Å²) in [5.41, 5.74) is 3.57. The van der Waals surface area contributed by atoms with Crippen molar-refractivity contribution in [1.29, 1.82) is 0 Å². The number of likely N-dealkylation sites (tertiary alicyclic amines) is 1. The van der Waals surface area contributed by atoms with Crippen molar-refractivity contribution < 1.29 is 9.53 Å². The van der Waals surface area contributed by atoms with E-state index in [1.54, 1.807) is 0 Å². The second-order valence-electron chi connectivity index (χ2n) is 7.56. The summed E-state index contributed by atoms with van der Waals surface area (Å²) in [6.07, 6.45) is 2.63. The molecule has 1 saturated heterocycles. The summed E-state index contributed by atoms with van der Waals surface area (Å²) in [5, 5.41) is 2.94. The molecule has 1 aliphatic heterocycles. The highest BCUT2D eigenvalue weighted by Gasteiger charge is 2.12. The maximum atomic E-state index is 12.1. The first-order chi connectivity index (χ1) is 13.1. The number of hydrogen-bond donors (Lipinski definition) is 1. The Kier molecular flexibility index (Phi) is 6.88. The zero-order valence-corrected chi connectivity index (χ0v) is 16.4. The lowest BCUT2D eigenvalue weighted by Gasteiger charge is -2.15. The molecule has 1 heterocycles. The van der Waals surface area contributed by atoms with Crippen LogP contribution >= 0.6 is 0 Å². The molecule has 0 saturated carbocycles. The molecular weight excluding hydrogens is 336 g/mol. The molecule has 0 aromatic heterocycles. The number of carbonyl (C=O) groups is 1. The number of rotatable bonds is 8. The van der Waals surface area contributed by atoms with E-state index in [0.29, 0.717) is 12.5 Å². The summed E-state index contributed by atoms with van der Waals surface area (Å²) < 4.78 is 5.72. The number of para-hydroxylation sites is 1. The maximum absolute atomic E-state index is 12.1. The number of hydrogen-bond acceptors (Lipinski definition) is 3. The van der Waals surface area contributed by atoms with Crippen LogP contribution in [0, 0.1) is 0 Å². The minimum absolute atomic E-state index is 0.0385. The van der Waals surface area contributed by atoms with E-state index in [-0.39, 0.29) is 12.5 Å². The van der Waals surface area contributed by atoms with Crippen LogP contribution in [0.5, 0.6) is 5.75 Å². The van der Waals surface area contributed by atoms with Gasteiger partial charge < -0.3 is 10.1 Å². The monoisotopic (exact) mass is 366 g/mol. The van der Waals surface area contributed by atoms with Crippen molar-refractivity contribution in [3.05, 3.63) is 65.2 Å². The molecule has 2 aromatic rings. The molecule has 4 nitrogen and oxygen atoms in total. The zero-order valence-electron chi connectivity index (χ0n) is 16.4. The summed E-state index contributed by atoms with van der Waals surface area (Å²) >= 11 is 0. The standard InChI is InChI=1S/C23H30N2O2/c1-18(2)21-7-3-4-8-22(21)27-17-23(26)24-15-19-9-11-20(12-10-19)16-25-13-5-6-14-25/h3-4,7-12,18H,5-6,13-17H2,1-2H3,(H,24,26). The molecule has 1 aliphatic rings. The number of nitrogens with one attached hydrogen (secondary N) is 1. The molecule has 1 fully saturated rings. The molecule has 27 heavy (non-hydrogen) atoms. The minimum Gasteiger partial charge on any atom is -0.483 e. The highest BCUT2D eigenvalue weighted by atomic mass is 16.5. The van der Waals surface area contributed by atoms with Gasteiger partial charge in [-0.05, 0) is 54.6 Å². The van der Waals surface area contributed by atoms with Crippen LogP contribution in [0.1, 0.15) is 49.3 Å². The molecule has 144 valence electrons. The van der Waals surface area contributed by atoms with Crippen LogP contribution in [0.25, 0.3) is 0 Å². The molecule has 1 amide bonds. The van der Waals surface area contributed by atoms with Crippen LogP contribution in [0.4, 0.5) is 0 Å².